The van der Waals surface area contributed by atoms with Gasteiger partial charge < -0.3 is 10.5 Å². The van der Waals surface area contributed by atoms with Crippen molar-refractivity contribution in [2.24, 2.45) is 11.1 Å². The fourth-order valence-corrected chi connectivity index (χ4v) is 6.28. The van der Waals surface area contributed by atoms with Crippen LogP contribution in [0.25, 0.3) is 0 Å². The Morgan fingerprint density at radius 1 is 1.00 bits per heavy atom. The van der Waals surface area contributed by atoms with E-state index >= 15 is 0 Å². The third-order valence-corrected chi connectivity index (χ3v) is 7.63. The molecule has 1 fully saturated rings. The molecule has 0 radical (unpaired) electrons. The molecule has 0 aromatic heterocycles. The molecule has 2 N–H and O–H groups in total. The van der Waals surface area contributed by atoms with E-state index in [1.807, 2.05) is 50.2 Å². The van der Waals surface area contributed by atoms with E-state index in [0.717, 1.165) is 16.7 Å². The maximum Gasteiger partial charge on any atom is 0.182 e. The first-order valence-electron chi connectivity index (χ1n) is 8.43. The second kappa shape index (κ2) is 6.56. The number of rotatable bonds is 6. The zero-order chi connectivity index (χ0) is 18.2. The van der Waals surface area contributed by atoms with Gasteiger partial charge in [-0.25, -0.2) is 8.42 Å². The number of benzene rings is 2. The van der Waals surface area contributed by atoms with Crippen molar-refractivity contribution < 1.29 is 13.2 Å². The highest BCUT2D eigenvalue weighted by Crippen LogP contribution is 2.63. The van der Waals surface area contributed by atoms with E-state index < -0.39 is 20.5 Å². The molecule has 3 rings (SSSR count). The van der Waals surface area contributed by atoms with Gasteiger partial charge in [-0.1, -0.05) is 47.5 Å². The molecule has 2 aromatic rings. The molecule has 0 aliphatic heterocycles. The summed E-state index contributed by atoms with van der Waals surface area (Å²) in [7, 11) is -1.90. The van der Waals surface area contributed by atoms with Crippen LogP contribution in [0.1, 0.15) is 22.6 Å². The van der Waals surface area contributed by atoms with Crippen LogP contribution >= 0.6 is 0 Å². The first kappa shape index (κ1) is 18.1. The van der Waals surface area contributed by atoms with Gasteiger partial charge in [0.1, 0.15) is 0 Å². The average Bonchev–Trinajstić information content (AvgIpc) is 3.26. The van der Waals surface area contributed by atoms with Crippen molar-refractivity contribution in [3.63, 3.8) is 0 Å². The van der Waals surface area contributed by atoms with Crippen LogP contribution in [-0.2, 0) is 14.6 Å². The van der Waals surface area contributed by atoms with E-state index in [0.29, 0.717) is 11.5 Å². The summed E-state index contributed by atoms with van der Waals surface area (Å²) in [4.78, 5) is 0.353. The smallest absolute Gasteiger partial charge is 0.182 e. The maximum absolute atomic E-state index is 13.3. The minimum atomic E-state index is -3.49. The average molecular weight is 359 g/mol. The van der Waals surface area contributed by atoms with E-state index in [-0.39, 0.29) is 12.5 Å². The normalized spacial score (nSPS) is 25.8. The van der Waals surface area contributed by atoms with Gasteiger partial charge in [-0.3, -0.25) is 0 Å². The summed E-state index contributed by atoms with van der Waals surface area (Å²) in [5.74, 6) is -0.149. The number of hydrogen-bond acceptors (Lipinski definition) is 4. The highest BCUT2D eigenvalue weighted by molar-refractivity contribution is 7.92. The summed E-state index contributed by atoms with van der Waals surface area (Å²) >= 11 is 0. The van der Waals surface area contributed by atoms with Gasteiger partial charge in [0.15, 0.2) is 9.84 Å². The van der Waals surface area contributed by atoms with Crippen molar-refractivity contribution in [3.05, 3.63) is 65.2 Å². The van der Waals surface area contributed by atoms with Crippen LogP contribution in [0, 0.1) is 19.3 Å². The molecule has 1 aliphatic rings. The summed E-state index contributed by atoms with van der Waals surface area (Å²) in [6.45, 7) is 4.56. The Bertz CT molecular complexity index is 844. The molecule has 4 nitrogen and oxygen atoms in total. The number of methoxy groups -OCH3 is 1. The molecule has 0 heterocycles. The van der Waals surface area contributed by atoms with Gasteiger partial charge in [0.25, 0.3) is 0 Å². The van der Waals surface area contributed by atoms with Gasteiger partial charge in [0.05, 0.1) is 16.8 Å². The summed E-state index contributed by atoms with van der Waals surface area (Å²) in [5, 5.41) is -0.560. The number of ether oxygens (including phenoxy) is 1. The molecule has 0 unspecified atom stereocenters. The Kier molecular flexibility index (Phi) is 4.75. The lowest BCUT2D eigenvalue weighted by Gasteiger charge is -2.15. The predicted molar refractivity (Wildman–Crippen MR) is 99.4 cm³/mol. The van der Waals surface area contributed by atoms with Crippen LogP contribution in [0.2, 0.25) is 0 Å². The van der Waals surface area contributed by atoms with Crippen LogP contribution in [0.15, 0.2) is 53.4 Å². The van der Waals surface area contributed by atoms with Crippen molar-refractivity contribution in [1.82, 2.24) is 0 Å². The van der Waals surface area contributed by atoms with Crippen LogP contribution in [0.3, 0.4) is 0 Å². The standard InChI is InChI=1S/C20H25NO3S/c1-14-4-8-16(9-5-14)18-19(20(18,12-21)13-24-3)25(22,23)17-10-6-15(2)7-11-17/h4-11,18-19H,12-13,21H2,1-3H3/t18-,19+,20-/m1/s1. The largest absolute Gasteiger partial charge is 0.384 e. The van der Waals surface area contributed by atoms with E-state index in [2.05, 4.69) is 0 Å². The second-order valence-electron chi connectivity index (χ2n) is 7.04. The van der Waals surface area contributed by atoms with Gasteiger partial charge in [0, 0.05) is 25.0 Å². The van der Waals surface area contributed by atoms with E-state index in [4.69, 9.17) is 10.5 Å². The van der Waals surface area contributed by atoms with Crippen LogP contribution < -0.4 is 5.73 Å². The lowest BCUT2D eigenvalue weighted by Crippen LogP contribution is -2.28. The molecule has 3 atom stereocenters. The zero-order valence-electron chi connectivity index (χ0n) is 14.9. The van der Waals surface area contributed by atoms with Gasteiger partial charge in [-0.2, -0.15) is 0 Å². The third kappa shape index (κ3) is 3.01. The minimum absolute atomic E-state index is 0.149. The van der Waals surface area contributed by atoms with E-state index in [1.54, 1.807) is 19.2 Å². The Balaban J connectivity index is 2.05. The molecular weight excluding hydrogens is 334 g/mol. The number of sulfone groups is 1. The van der Waals surface area contributed by atoms with Crippen molar-refractivity contribution in [1.29, 1.82) is 0 Å². The van der Waals surface area contributed by atoms with Gasteiger partial charge in [-0.05, 0) is 31.5 Å². The predicted octanol–water partition coefficient (Wildman–Crippen LogP) is 2.83. The molecule has 2 aromatic carbocycles. The Morgan fingerprint density at radius 3 is 2.00 bits per heavy atom. The summed E-state index contributed by atoms with van der Waals surface area (Å²) in [6, 6.07) is 15.1. The maximum atomic E-state index is 13.3. The lowest BCUT2D eigenvalue weighted by atomic mass is 9.99. The molecule has 5 heteroatoms. The molecule has 25 heavy (non-hydrogen) atoms. The summed E-state index contributed by atoms with van der Waals surface area (Å²) in [6.07, 6.45) is 0. The number of nitrogens with two attached hydrogens (primary N) is 1. The zero-order valence-corrected chi connectivity index (χ0v) is 15.7. The van der Waals surface area contributed by atoms with Crippen LogP contribution in [0.5, 0.6) is 0 Å². The summed E-state index contributed by atoms with van der Waals surface area (Å²) in [5.41, 5.74) is 8.67. The molecule has 134 valence electrons. The van der Waals surface area contributed by atoms with Gasteiger partial charge in [-0.15, -0.1) is 0 Å². The summed E-state index contributed by atoms with van der Waals surface area (Å²) < 4.78 is 32.0. The molecule has 0 saturated heterocycles. The fourth-order valence-electron chi connectivity index (χ4n) is 3.84. The topological polar surface area (TPSA) is 69.4 Å². The van der Waals surface area contributed by atoms with Gasteiger partial charge >= 0.3 is 0 Å². The Hall–Kier alpha value is -1.69. The van der Waals surface area contributed by atoms with Crippen molar-refractivity contribution in [2.45, 2.75) is 29.9 Å². The Labute approximate surface area is 149 Å². The number of aryl methyl sites for hydroxylation is 2. The molecule has 1 aliphatic carbocycles. The highest BCUT2D eigenvalue weighted by atomic mass is 32.2. The monoisotopic (exact) mass is 359 g/mol. The van der Waals surface area contributed by atoms with E-state index in [9.17, 15) is 8.42 Å². The molecule has 0 bridgehead atoms. The lowest BCUT2D eigenvalue weighted by molar-refractivity contribution is 0.142. The van der Waals surface area contributed by atoms with Gasteiger partial charge in [0.2, 0.25) is 0 Å². The first-order valence-corrected chi connectivity index (χ1v) is 9.97. The van der Waals surface area contributed by atoms with Crippen molar-refractivity contribution in [3.8, 4) is 0 Å². The fraction of sp³-hybridized carbons (Fsp3) is 0.400. The second-order valence-corrected chi connectivity index (χ2v) is 9.11. The molecule has 0 amide bonds. The first-order chi connectivity index (χ1) is 11.9. The highest BCUT2D eigenvalue weighted by Gasteiger charge is 2.70. The SMILES string of the molecule is COC[C@]1(CN)[C@H](c2ccc(C)cc2)[C@@H]1S(=O)(=O)c1ccc(C)cc1. The number of hydrogen-bond donors (Lipinski definition) is 1. The quantitative estimate of drug-likeness (QED) is 0.861. The van der Waals surface area contributed by atoms with E-state index in [1.165, 1.54) is 0 Å². The van der Waals surface area contributed by atoms with Crippen molar-refractivity contribution >= 4 is 9.84 Å². The minimum Gasteiger partial charge on any atom is -0.384 e. The molecule has 1 saturated carbocycles. The third-order valence-electron chi connectivity index (χ3n) is 5.29. The van der Waals surface area contributed by atoms with Crippen LogP contribution in [-0.4, -0.2) is 33.9 Å². The molecule has 0 spiro atoms. The van der Waals surface area contributed by atoms with Crippen LogP contribution in [0.4, 0.5) is 0 Å². The van der Waals surface area contributed by atoms with Crippen molar-refractivity contribution in [2.75, 3.05) is 20.3 Å². The Morgan fingerprint density at radius 2 is 1.52 bits per heavy atom. The molecular formula is C20H25NO3S.